The van der Waals surface area contributed by atoms with Gasteiger partial charge >= 0.3 is 0 Å². The summed E-state index contributed by atoms with van der Waals surface area (Å²) in [4.78, 5) is 16.3. The van der Waals surface area contributed by atoms with E-state index in [1.807, 2.05) is 13.8 Å². The molecule has 112 valence electrons. The number of halogens is 1. The van der Waals surface area contributed by atoms with Crippen molar-refractivity contribution in [1.82, 2.24) is 4.98 Å². The van der Waals surface area contributed by atoms with Crippen LogP contribution in [0, 0.1) is 19.7 Å². The molecule has 1 amide bonds. The summed E-state index contributed by atoms with van der Waals surface area (Å²) in [5.74, 6) is -0.0166. The van der Waals surface area contributed by atoms with E-state index in [0.717, 1.165) is 11.5 Å². The Morgan fingerprint density at radius 2 is 2.19 bits per heavy atom. The molecule has 0 radical (unpaired) electrons. The van der Waals surface area contributed by atoms with Crippen LogP contribution in [0.4, 0.5) is 15.8 Å². The van der Waals surface area contributed by atoms with Gasteiger partial charge in [0, 0.05) is 5.69 Å². The lowest BCUT2D eigenvalue weighted by Gasteiger charge is -2.10. The maximum absolute atomic E-state index is 13.1. The molecule has 0 aliphatic carbocycles. The van der Waals surface area contributed by atoms with Crippen molar-refractivity contribution >= 4 is 29.0 Å². The Labute approximate surface area is 126 Å². The number of hydrogen-bond acceptors (Lipinski definition) is 5. The number of carbonyl (C=O) groups excluding carboxylic acids is 1. The van der Waals surface area contributed by atoms with Crippen LogP contribution in [-0.4, -0.2) is 16.1 Å². The standard InChI is InChI=1S/C14H16FN3O2S/c1-7-8(2)20-14(17-7)21-9(3)13(19)18-10-4-5-11(15)12(16)6-10/h4-6,9H,16H2,1-3H3,(H,18,19). The van der Waals surface area contributed by atoms with Gasteiger partial charge in [0.05, 0.1) is 16.6 Å². The number of nitrogens with one attached hydrogen (secondary N) is 1. The molecule has 1 unspecified atom stereocenters. The fourth-order valence-corrected chi connectivity index (χ4v) is 2.40. The molecule has 2 aromatic rings. The van der Waals surface area contributed by atoms with Gasteiger partial charge in [0.2, 0.25) is 5.91 Å². The first-order chi connectivity index (χ1) is 9.86. The van der Waals surface area contributed by atoms with E-state index in [4.69, 9.17) is 10.2 Å². The second-order valence-corrected chi connectivity index (χ2v) is 5.90. The van der Waals surface area contributed by atoms with Crippen LogP contribution in [0.3, 0.4) is 0 Å². The van der Waals surface area contributed by atoms with Gasteiger partial charge < -0.3 is 15.5 Å². The fraction of sp³-hybridized carbons (Fsp3) is 0.286. The van der Waals surface area contributed by atoms with Crippen molar-refractivity contribution in [2.45, 2.75) is 31.2 Å². The Hall–Kier alpha value is -2.02. The van der Waals surface area contributed by atoms with E-state index in [1.165, 1.54) is 30.0 Å². The molecule has 7 heteroatoms. The van der Waals surface area contributed by atoms with Crippen LogP contribution in [0.5, 0.6) is 0 Å². The quantitative estimate of drug-likeness (QED) is 0.670. The molecule has 2 rings (SSSR count). The second-order valence-electron chi connectivity index (χ2n) is 4.61. The summed E-state index contributed by atoms with van der Waals surface area (Å²) in [6.45, 7) is 5.40. The van der Waals surface area contributed by atoms with Gasteiger partial charge in [-0.3, -0.25) is 4.79 Å². The lowest BCUT2D eigenvalue weighted by molar-refractivity contribution is -0.115. The molecule has 5 nitrogen and oxygen atoms in total. The molecule has 1 aromatic carbocycles. The molecular formula is C14H16FN3O2S. The van der Waals surface area contributed by atoms with E-state index in [2.05, 4.69) is 10.3 Å². The number of aryl methyl sites for hydroxylation is 2. The summed E-state index contributed by atoms with van der Waals surface area (Å²) in [6.07, 6.45) is 0. The topological polar surface area (TPSA) is 81.2 Å². The minimum Gasteiger partial charge on any atom is -0.437 e. The number of thioether (sulfide) groups is 1. The van der Waals surface area contributed by atoms with Crippen molar-refractivity contribution < 1.29 is 13.6 Å². The number of carbonyl (C=O) groups is 1. The number of hydrogen-bond donors (Lipinski definition) is 2. The molecule has 0 saturated carbocycles. The zero-order chi connectivity index (χ0) is 15.6. The van der Waals surface area contributed by atoms with Gasteiger partial charge in [-0.05, 0) is 39.0 Å². The van der Waals surface area contributed by atoms with E-state index < -0.39 is 11.1 Å². The number of oxazole rings is 1. The number of anilines is 2. The molecule has 1 heterocycles. The van der Waals surface area contributed by atoms with Gasteiger partial charge in [-0.25, -0.2) is 9.37 Å². The first-order valence-electron chi connectivity index (χ1n) is 6.33. The van der Waals surface area contributed by atoms with Crippen molar-refractivity contribution in [3.8, 4) is 0 Å². The van der Waals surface area contributed by atoms with Crippen LogP contribution in [0.15, 0.2) is 27.8 Å². The van der Waals surface area contributed by atoms with Gasteiger partial charge in [0.15, 0.2) is 0 Å². The molecule has 0 spiro atoms. The fourth-order valence-electron chi connectivity index (χ4n) is 1.56. The molecule has 0 fully saturated rings. The van der Waals surface area contributed by atoms with Gasteiger partial charge in [0.1, 0.15) is 11.6 Å². The summed E-state index contributed by atoms with van der Waals surface area (Å²) < 4.78 is 18.5. The number of nitrogens with zero attached hydrogens (tertiary/aromatic N) is 1. The highest BCUT2D eigenvalue weighted by Gasteiger charge is 2.18. The summed E-state index contributed by atoms with van der Waals surface area (Å²) in [7, 11) is 0. The Morgan fingerprint density at radius 3 is 2.76 bits per heavy atom. The lowest BCUT2D eigenvalue weighted by Crippen LogP contribution is -2.22. The molecule has 21 heavy (non-hydrogen) atoms. The maximum atomic E-state index is 13.1. The van der Waals surface area contributed by atoms with Crippen LogP contribution < -0.4 is 11.1 Å². The molecule has 1 aromatic heterocycles. The summed E-state index contributed by atoms with van der Waals surface area (Å²) in [6, 6.07) is 4.05. The predicted molar refractivity (Wildman–Crippen MR) is 80.7 cm³/mol. The van der Waals surface area contributed by atoms with Crippen molar-refractivity contribution in [3.05, 3.63) is 35.5 Å². The predicted octanol–water partition coefficient (Wildman–Crippen LogP) is 3.13. The minimum atomic E-state index is -0.513. The third kappa shape index (κ3) is 3.75. The Morgan fingerprint density at radius 1 is 1.48 bits per heavy atom. The Bertz CT molecular complexity index is 653. The highest BCUT2D eigenvalue weighted by atomic mass is 32.2. The normalized spacial score (nSPS) is 12.2. The molecule has 0 saturated heterocycles. The van der Waals surface area contributed by atoms with Crippen molar-refractivity contribution in [2.75, 3.05) is 11.1 Å². The number of benzene rings is 1. The third-order valence-corrected chi connectivity index (χ3v) is 3.86. The van der Waals surface area contributed by atoms with Crippen LogP contribution in [0.2, 0.25) is 0 Å². The number of rotatable bonds is 4. The Kier molecular flexibility index (Phi) is 4.52. The van der Waals surface area contributed by atoms with E-state index in [9.17, 15) is 9.18 Å². The summed E-state index contributed by atoms with van der Waals surface area (Å²) in [5, 5.41) is 2.72. The van der Waals surface area contributed by atoms with Gasteiger partial charge in [-0.1, -0.05) is 11.8 Å². The molecule has 3 N–H and O–H groups in total. The lowest BCUT2D eigenvalue weighted by atomic mass is 10.2. The number of amides is 1. The average Bonchev–Trinajstić information content (AvgIpc) is 2.72. The zero-order valence-corrected chi connectivity index (χ0v) is 12.8. The largest absolute Gasteiger partial charge is 0.437 e. The van der Waals surface area contributed by atoms with E-state index >= 15 is 0 Å². The first-order valence-corrected chi connectivity index (χ1v) is 7.21. The van der Waals surface area contributed by atoms with Crippen molar-refractivity contribution in [3.63, 3.8) is 0 Å². The van der Waals surface area contributed by atoms with Crippen LogP contribution in [0.25, 0.3) is 0 Å². The monoisotopic (exact) mass is 309 g/mol. The first kappa shape index (κ1) is 15.4. The SMILES string of the molecule is Cc1nc(SC(C)C(=O)Nc2ccc(F)c(N)c2)oc1C. The van der Waals surface area contributed by atoms with E-state index in [1.54, 1.807) is 6.92 Å². The second kappa shape index (κ2) is 6.17. The molecule has 0 bridgehead atoms. The molecule has 0 aliphatic rings. The molecule has 1 atom stereocenters. The highest BCUT2D eigenvalue weighted by molar-refractivity contribution is 8.00. The van der Waals surface area contributed by atoms with E-state index in [-0.39, 0.29) is 11.6 Å². The highest BCUT2D eigenvalue weighted by Crippen LogP contribution is 2.25. The smallest absolute Gasteiger partial charge is 0.256 e. The summed E-state index contributed by atoms with van der Waals surface area (Å²) >= 11 is 1.22. The number of nitrogens with two attached hydrogens (primary N) is 1. The van der Waals surface area contributed by atoms with Gasteiger partial charge in [0.25, 0.3) is 5.22 Å². The van der Waals surface area contributed by atoms with Crippen LogP contribution in [0.1, 0.15) is 18.4 Å². The minimum absolute atomic E-state index is 0.00735. The van der Waals surface area contributed by atoms with Crippen LogP contribution >= 0.6 is 11.8 Å². The van der Waals surface area contributed by atoms with Gasteiger partial charge in [-0.15, -0.1) is 0 Å². The summed E-state index contributed by atoms with van der Waals surface area (Å²) in [5.41, 5.74) is 6.70. The van der Waals surface area contributed by atoms with Crippen LogP contribution in [-0.2, 0) is 4.79 Å². The third-order valence-electron chi connectivity index (χ3n) is 2.92. The Balaban J connectivity index is 2.00. The number of nitrogen functional groups attached to an aromatic ring is 1. The molecule has 0 aliphatic heterocycles. The maximum Gasteiger partial charge on any atom is 0.256 e. The number of aromatic nitrogens is 1. The van der Waals surface area contributed by atoms with Gasteiger partial charge in [-0.2, -0.15) is 0 Å². The van der Waals surface area contributed by atoms with Crippen molar-refractivity contribution in [2.24, 2.45) is 0 Å². The zero-order valence-electron chi connectivity index (χ0n) is 11.9. The average molecular weight is 309 g/mol. The molecular weight excluding hydrogens is 293 g/mol. The van der Waals surface area contributed by atoms with E-state index in [0.29, 0.717) is 10.9 Å². The van der Waals surface area contributed by atoms with Crippen molar-refractivity contribution in [1.29, 1.82) is 0 Å².